The number of amides is 2. The molecule has 3 N–H and O–H groups in total. The average molecular weight is 335 g/mol. The molecule has 1 aromatic rings. The minimum absolute atomic E-state index is 0.114. The van der Waals surface area contributed by atoms with E-state index in [9.17, 15) is 14.7 Å². The third kappa shape index (κ3) is 3.15. The van der Waals surface area contributed by atoms with E-state index in [2.05, 4.69) is 10.3 Å². The van der Waals surface area contributed by atoms with Crippen molar-refractivity contribution in [3.63, 3.8) is 0 Å². The molecule has 1 aliphatic heterocycles. The molecular weight excluding hydrogens is 310 g/mol. The van der Waals surface area contributed by atoms with Gasteiger partial charge in [-0.05, 0) is 18.3 Å². The lowest BCUT2D eigenvalue weighted by atomic mass is 9.85. The van der Waals surface area contributed by atoms with Gasteiger partial charge in [0.1, 0.15) is 12.1 Å². The van der Waals surface area contributed by atoms with Crippen molar-refractivity contribution in [2.45, 2.75) is 64.1 Å². The highest BCUT2D eigenvalue weighted by Gasteiger charge is 2.44. The van der Waals surface area contributed by atoms with Crippen LogP contribution in [-0.2, 0) is 9.59 Å². The summed E-state index contributed by atoms with van der Waals surface area (Å²) in [5, 5.41) is 18.2. The Balaban J connectivity index is 1.90. The zero-order chi connectivity index (χ0) is 17.6. The van der Waals surface area contributed by atoms with Crippen molar-refractivity contribution in [3.8, 4) is 0 Å². The van der Waals surface area contributed by atoms with Crippen LogP contribution in [0.15, 0.2) is 6.20 Å². The quantitative estimate of drug-likeness (QED) is 0.815. The SMILES string of the molecule is CC(C)(C)[C@H](C(=O)N1CC(O)CC1C(N)=O)n1cc(C2CC2)nn1. The molecule has 3 atom stereocenters. The molecule has 2 aliphatic rings. The fraction of sp³-hybridized carbons (Fsp3) is 0.750. The number of β-amino-alcohol motifs (C(OH)–C–C–N with tert-alkyl or cyclic N) is 1. The lowest BCUT2D eigenvalue weighted by Gasteiger charge is -2.34. The first-order chi connectivity index (χ1) is 11.2. The molecule has 1 aromatic heterocycles. The van der Waals surface area contributed by atoms with Crippen molar-refractivity contribution >= 4 is 11.8 Å². The predicted molar refractivity (Wildman–Crippen MR) is 85.8 cm³/mol. The maximum atomic E-state index is 13.2. The monoisotopic (exact) mass is 335 g/mol. The number of carbonyl (C=O) groups is 2. The van der Waals surface area contributed by atoms with E-state index in [0.29, 0.717) is 5.92 Å². The Hall–Kier alpha value is -1.96. The molecule has 8 heteroatoms. The van der Waals surface area contributed by atoms with Gasteiger partial charge in [-0.1, -0.05) is 26.0 Å². The van der Waals surface area contributed by atoms with Crippen molar-refractivity contribution in [2.24, 2.45) is 11.1 Å². The van der Waals surface area contributed by atoms with Crippen LogP contribution in [0.25, 0.3) is 0 Å². The Labute approximate surface area is 141 Å². The summed E-state index contributed by atoms with van der Waals surface area (Å²) in [7, 11) is 0. The van der Waals surface area contributed by atoms with Gasteiger partial charge in [0.2, 0.25) is 11.8 Å². The van der Waals surface area contributed by atoms with E-state index in [4.69, 9.17) is 5.73 Å². The smallest absolute Gasteiger partial charge is 0.248 e. The molecule has 8 nitrogen and oxygen atoms in total. The molecule has 132 valence electrons. The van der Waals surface area contributed by atoms with Crippen LogP contribution < -0.4 is 5.73 Å². The molecule has 1 saturated heterocycles. The topological polar surface area (TPSA) is 114 Å². The standard InChI is InChI=1S/C16H25N5O3/c1-16(2,3)13(21-8-11(18-19-21)9-4-5-9)15(24)20-7-10(22)6-12(20)14(17)23/h8-10,12-13,22H,4-7H2,1-3H3,(H2,17,23)/t10?,12?,13-/m0/s1. The van der Waals surface area contributed by atoms with Crippen LogP contribution in [-0.4, -0.2) is 55.5 Å². The lowest BCUT2D eigenvalue weighted by Crippen LogP contribution is -2.49. The summed E-state index contributed by atoms with van der Waals surface area (Å²) in [6.07, 6.45) is 3.49. The molecule has 0 aromatic carbocycles. The molecule has 3 rings (SSSR count). The van der Waals surface area contributed by atoms with Crippen LogP contribution in [0.4, 0.5) is 0 Å². The lowest BCUT2D eigenvalue weighted by molar-refractivity contribution is -0.143. The fourth-order valence-electron chi connectivity index (χ4n) is 3.35. The van der Waals surface area contributed by atoms with Crippen molar-refractivity contribution in [3.05, 3.63) is 11.9 Å². The van der Waals surface area contributed by atoms with Crippen molar-refractivity contribution in [1.29, 1.82) is 0 Å². The Morgan fingerprint density at radius 3 is 2.58 bits per heavy atom. The molecule has 0 spiro atoms. The molecule has 0 radical (unpaired) electrons. The second-order valence-corrected chi connectivity index (χ2v) is 7.96. The second kappa shape index (κ2) is 5.84. The number of aromatic nitrogens is 3. The van der Waals surface area contributed by atoms with E-state index in [1.807, 2.05) is 27.0 Å². The van der Waals surface area contributed by atoms with Crippen LogP contribution in [0.5, 0.6) is 0 Å². The maximum absolute atomic E-state index is 13.2. The van der Waals surface area contributed by atoms with E-state index in [1.165, 1.54) is 4.90 Å². The van der Waals surface area contributed by atoms with Gasteiger partial charge in [-0.2, -0.15) is 0 Å². The minimum atomic E-state index is -0.774. The summed E-state index contributed by atoms with van der Waals surface area (Å²) in [4.78, 5) is 26.2. The molecule has 1 aliphatic carbocycles. The van der Waals surface area contributed by atoms with Crippen molar-refractivity contribution in [1.82, 2.24) is 19.9 Å². The Bertz CT molecular complexity index is 646. The zero-order valence-electron chi connectivity index (χ0n) is 14.3. The van der Waals surface area contributed by atoms with Crippen molar-refractivity contribution < 1.29 is 14.7 Å². The van der Waals surface area contributed by atoms with E-state index in [1.54, 1.807) is 4.68 Å². The van der Waals surface area contributed by atoms with Gasteiger partial charge in [-0.3, -0.25) is 9.59 Å². The van der Waals surface area contributed by atoms with E-state index in [-0.39, 0.29) is 18.9 Å². The number of aliphatic hydroxyl groups is 1. The van der Waals surface area contributed by atoms with Crippen LogP contribution >= 0.6 is 0 Å². The van der Waals surface area contributed by atoms with Crippen LogP contribution in [0, 0.1) is 5.41 Å². The van der Waals surface area contributed by atoms with Crippen LogP contribution in [0.2, 0.25) is 0 Å². The van der Waals surface area contributed by atoms with Crippen molar-refractivity contribution in [2.75, 3.05) is 6.54 Å². The van der Waals surface area contributed by atoms with Gasteiger partial charge < -0.3 is 15.7 Å². The molecule has 1 saturated carbocycles. The summed E-state index contributed by atoms with van der Waals surface area (Å²) in [6, 6.07) is -1.38. The molecule has 2 fully saturated rings. The second-order valence-electron chi connectivity index (χ2n) is 7.96. The van der Waals surface area contributed by atoms with Crippen LogP contribution in [0.1, 0.15) is 57.7 Å². The molecule has 2 heterocycles. The average Bonchev–Trinajstić information content (AvgIpc) is 3.07. The summed E-state index contributed by atoms with van der Waals surface area (Å²) in [5.41, 5.74) is 5.89. The van der Waals surface area contributed by atoms with Gasteiger partial charge in [0.15, 0.2) is 0 Å². The first-order valence-corrected chi connectivity index (χ1v) is 8.38. The van der Waals surface area contributed by atoms with Gasteiger partial charge in [0.25, 0.3) is 0 Å². The fourth-order valence-corrected chi connectivity index (χ4v) is 3.35. The molecule has 24 heavy (non-hydrogen) atoms. The number of carbonyl (C=O) groups excluding carboxylic acids is 2. The Morgan fingerprint density at radius 2 is 2.04 bits per heavy atom. The van der Waals surface area contributed by atoms with Gasteiger partial charge in [0, 0.05) is 25.1 Å². The normalized spacial score (nSPS) is 25.8. The number of nitrogens with two attached hydrogens (primary N) is 1. The van der Waals surface area contributed by atoms with E-state index in [0.717, 1.165) is 18.5 Å². The summed E-state index contributed by atoms with van der Waals surface area (Å²) in [5.74, 6) is -0.402. The number of rotatable bonds is 4. The van der Waals surface area contributed by atoms with Gasteiger partial charge in [0.05, 0.1) is 11.8 Å². The Morgan fingerprint density at radius 1 is 1.38 bits per heavy atom. The zero-order valence-corrected chi connectivity index (χ0v) is 14.3. The van der Waals surface area contributed by atoms with Crippen LogP contribution in [0.3, 0.4) is 0 Å². The third-order valence-corrected chi connectivity index (χ3v) is 4.73. The number of nitrogens with zero attached hydrogens (tertiary/aromatic N) is 4. The molecule has 2 unspecified atom stereocenters. The first-order valence-electron chi connectivity index (χ1n) is 8.38. The highest BCUT2D eigenvalue weighted by Crippen LogP contribution is 2.40. The van der Waals surface area contributed by atoms with E-state index >= 15 is 0 Å². The number of hydrogen-bond acceptors (Lipinski definition) is 5. The number of likely N-dealkylation sites (tertiary alicyclic amines) is 1. The number of primary amides is 1. The third-order valence-electron chi connectivity index (χ3n) is 4.73. The molecule has 2 amide bonds. The van der Waals surface area contributed by atoms with E-state index < -0.39 is 29.5 Å². The summed E-state index contributed by atoms with van der Waals surface area (Å²) < 4.78 is 1.60. The highest BCUT2D eigenvalue weighted by atomic mass is 16.3. The minimum Gasteiger partial charge on any atom is -0.391 e. The molecule has 0 bridgehead atoms. The summed E-state index contributed by atoms with van der Waals surface area (Å²) >= 11 is 0. The predicted octanol–water partition coefficient (Wildman–Crippen LogP) is 0.190. The summed E-state index contributed by atoms with van der Waals surface area (Å²) in [6.45, 7) is 5.95. The van der Waals surface area contributed by atoms with Gasteiger partial charge in [-0.25, -0.2) is 4.68 Å². The Kier molecular flexibility index (Phi) is 4.11. The van der Waals surface area contributed by atoms with Gasteiger partial charge >= 0.3 is 0 Å². The maximum Gasteiger partial charge on any atom is 0.248 e. The highest BCUT2D eigenvalue weighted by molar-refractivity contribution is 5.89. The number of hydrogen-bond donors (Lipinski definition) is 2. The largest absolute Gasteiger partial charge is 0.391 e. The van der Waals surface area contributed by atoms with Gasteiger partial charge in [-0.15, -0.1) is 5.10 Å². The first kappa shape index (κ1) is 16.9. The number of aliphatic hydroxyl groups excluding tert-OH is 1. The molecular formula is C16H25N5O3.